The van der Waals surface area contributed by atoms with Gasteiger partial charge in [0.05, 0.1) is 7.11 Å². The number of methoxy groups -OCH3 is 1. The maximum atomic E-state index is 13.9. The second kappa shape index (κ2) is 15.0. The Hall–Kier alpha value is -3.19. The van der Waals surface area contributed by atoms with Crippen LogP contribution in [0.4, 0.5) is 4.79 Å². The number of alkyl carbamates (subject to hydrolysis) is 1. The standard InChI is InChI=1S/C26H37N3O6S/c1-8-15-29(24(32)20(14-16-36-7)28-25(33)35-26(3,4)5)22(23(31)27-17-21(30)34-6)19-13-11-10-12-18(19)9-2/h2,10-13,20,22H,8,14-17H2,1,3-7H3,(H,27,31)(H,28,33). The van der Waals surface area contributed by atoms with E-state index < -0.39 is 41.6 Å². The van der Waals surface area contributed by atoms with Crippen molar-refractivity contribution in [2.24, 2.45) is 0 Å². The van der Waals surface area contributed by atoms with Gasteiger partial charge in [0.25, 0.3) is 0 Å². The Morgan fingerprint density at radius 3 is 2.42 bits per heavy atom. The Morgan fingerprint density at radius 2 is 1.86 bits per heavy atom. The van der Waals surface area contributed by atoms with Crippen molar-refractivity contribution < 1.29 is 28.7 Å². The second-order valence-electron chi connectivity index (χ2n) is 8.94. The third-order valence-corrected chi connectivity index (χ3v) is 5.60. The van der Waals surface area contributed by atoms with Crippen LogP contribution in [-0.4, -0.2) is 72.6 Å². The van der Waals surface area contributed by atoms with Gasteiger partial charge in [0.15, 0.2) is 0 Å². The Labute approximate surface area is 218 Å². The molecule has 0 aromatic heterocycles. The molecule has 10 heteroatoms. The van der Waals surface area contributed by atoms with E-state index in [4.69, 9.17) is 11.2 Å². The first-order valence-corrected chi connectivity index (χ1v) is 13.1. The summed E-state index contributed by atoms with van der Waals surface area (Å²) in [6.45, 7) is 6.90. The minimum atomic E-state index is -1.13. The lowest BCUT2D eigenvalue weighted by atomic mass is 9.97. The van der Waals surface area contributed by atoms with Gasteiger partial charge in [-0.3, -0.25) is 14.4 Å². The van der Waals surface area contributed by atoms with Crippen LogP contribution >= 0.6 is 11.8 Å². The Kier molecular flexibility index (Phi) is 12.9. The SMILES string of the molecule is C#Cc1ccccc1C(C(=O)NCC(=O)OC)N(CCC)C(=O)C(CCSC)NC(=O)OC(C)(C)C. The minimum absolute atomic E-state index is 0.208. The number of nitrogens with one attached hydrogen (secondary N) is 2. The van der Waals surface area contributed by atoms with Gasteiger partial charge < -0.3 is 25.0 Å². The summed E-state index contributed by atoms with van der Waals surface area (Å²) in [4.78, 5) is 52.9. The van der Waals surface area contributed by atoms with E-state index in [2.05, 4.69) is 21.3 Å². The van der Waals surface area contributed by atoms with E-state index in [0.29, 0.717) is 29.7 Å². The molecule has 0 aliphatic heterocycles. The molecule has 0 spiro atoms. The van der Waals surface area contributed by atoms with Crippen LogP contribution in [0.15, 0.2) is 24.3 Å². The average molecular weight is 520 g/mol. The van der Waals surface area contributed by atoms with E-state index in [1.54, 1.807) is 45.0 Å². The highest BCUT2D eigenvalue weighted by atomic mass is 32.2. The number of hydrogen-bond acceptors (Lipinski definition) is 7. The van der Waals surface area contributed by atoms with E-state index in [0.717, 1.165) is 0 Å². The molecule has 0 heterocycles. The number of benzene rings is 1. The Morgan fingerprint density at radius 1 is 1.19 bits per heavy atom. The van der Waals surface area contributed by atoms with Gasteiger partial charge in [-0.05, 0) is 57.3 Å². The van der Waals surface area contributed by atoms with Gasteiger partial charge in [-0.15, -0.1) is 6.42 Å². The van der Waals surface area contributed by atoms with Gasteiger partial charge in [-0.1, -0.05) is 31.0 Å². The molecular formula is C26H37N3O6S. The van der Waals surface area contributed by atoms with Crippen molar-refractivity contribution in [2.75, 3.05) is 32.2 Å². The molecule has 0 saturated heterocycles. The quantitative estimate of drug-likeness (QED) is 0.322. The van der Waals surface area contributed by atoms with Gasteiger partial charge >= 0.3 is 12.1 Å². The molecule has 2 N–H and O–H groups in total. The van der Waals surface area contributed by atoms with Crippen LogP contribution in [0.1, 0.15) is 57.7 Å². The fourth-order valence-electron chi connectivity index (χ4n) is 3.40. The van der Waals surface area contributed by atoms with Crippen LogP contribution < -0.4 is 10.6 Å². The van der Waals surface area contributed by atoms with Crippen molar-refractivity contribution in [1.29, 1.82) is 0 Å². The first-order chi connectivity index (χ1) is 17.0. The van der Waals surface area contributed by atoms with Crippen LogP contribution in [-0.2, 0) is 23.9 Å². The lowest BCUT2D eigenvalue weighted by molar-refractivity contribution is -0.144. The monoisotopic (exact) mass is 519 g/mol. The smallest absolute Gasteiger partial charge is 0.408 e. The van der Waals surface area contributed by atoms with Crippen molar-refractivity contribution in [2.45, 2.75) is 58.2 Å². The molecule has 0 radical (unpaired) electrons. The molecule has 0 aliphatic carbocycles. The van der Waals surface area contributed by atoms with Gasteiger partial charge in [0, 0.05) is 12.1 Å². The number of amides is 3. The zero-order valence-electron chi connectivity index (χ0n) is 21.9. The molecule has 1 rings (SSSR count). The second-order valence-corrected chi connectivity index (χ2v) is 9.93. The number of hydrogen-bond donors (Lipinski definition) is 2. The summed E-state index contributed by atoms with van der Waals surface area (Å²) in [5.41, 5.74) is 0.123. The summed E-state index contributed by atoms with van der Waals surface area (Å²) >= 11 is 1.52. The van der Waals surface area contributed by atoms with Crippen LogP contribution in [0.25, 0.3) is 0 Å². The third kappa shape index (κ3) is 9.82. The predicted octanol–water partition coefficient (Wildman–Crippen LogP) is 2.88. The number of carbonyl (C=O) groups is 4. The largest absolute Gasteiger partial charge is 0.468 e. The highest BCUT2D eigenvalue weighted by Crippen LogP contribution is 2.26. The summed E-state index contributed by atoms with van der Waals surface area (Å²) < 4.78 is 9.98. The lowest BCUT2D eigenvalue weighted by Crippen LogP contribution is -2.53. The molecule has 0 aliphatic rings. The fraction of sp³-hybridized carbons (Fsp3) is 0.538. The van der Waals surface area contributed by atoms with Crippen molar-refractivity contribution in [3.8, 4) is 12.3 Å². The molecular weight excluding hydrogens is 482 g/mol. The van der Waals surface area contributed by atoms with Crippen molar-refractivity contribution >= 4 is 35.6 Å². The molecule has 0 saturated carbocycles. The van der Waals surface area contributed by atoms with Crippen LogP contribution in [0.3, 0.4) is 0 Å². The maximum absolute atomic E-state index is 13.9. The number of thioether (sulfide) groups is 1. The molecule has 1 aromatic carbocycles. The van der Waals surface area contributed by atoms with Crippen LogP contribution in [0, 0.1) is 12.3 Å². The predicted molar refractivity (Wildman–Crippen MR) is 140 cm³/mol. The van der Waals surface area contributed by atoms with E-state index in [1.165, 1.54) is 23.8 Å². The first-order valence-electron chi connectivity index (χ1n) is 11.7. The molecule has 0 bridgehead atoms. The molecule has 0 fully saturated rings. The summed E-state index contributed by atoms with van der Waals surface area (Å²) in [5.74, 6) is 1.47. The van der Waals surface area contributed by atoms with E-state index >= 15 is 0 Å². The number of rotatable bonds is 12. The van der Waals surface area contributed by atoms with Gasteiger partial charge in [-0.25, -0.2) is 4.79 Å². The number of ether oxygens (including phenoxy) is 2. The number of carbonyl (C=O) groups excluding carboxylic acids is 4. The topological polar surface area (TPSA) is 114 Å². The third-order valence-electron chi connectivity index (χ3n) is 4.95. The molecule has 2 atom stereocenters. The summed E-state index contributed by atoms with van der Waals surface area (Å²) in [6, 6.07) is 4.73. The number of terminal acetylenes is 1. The zero-order chi connectivity index (χ0) is 27.3. The average Bonchev–Trinajstić information content (AvgIpc) is 2.83. The minimum Gasteiger partial charge on any atom is -0.468 e. The van der Waals surface area contributed by atoms with Crippen molar-refractivity contribution in [3.05, 3.63) is 35.4 Å². The van der Waals surface area contributed by atoms with Gasteiger partial charge in [-0.2, -0.15) is 11.8 Å². The molecule has 198 valence electrons. The molecule has 36 heavy (non-hydrogen) atoms. The van der Waals surface area contributed by atoms with E-state index in [-0.39, 0.29) is 13.1 Å². The number of nitrogens with zero attached hydrogens (tertiary/aromatic N) is 1. The van der Waals surface area contributed by atoms with Crippen LogP contribution in [0.5, 0.6) is 0 Å². The maximum Gasteiger partial charge on any atom is 0.408 e. The number of esters is 1. The van der Waals surface area contributed by atoms with Crippen molar-refractivity contribution in [3.63, 3.8) is 0 Å². The molecule has 9 nitrogen and oxygen atoms in total. The van der Waals surface area contributed by atoms with Crippen LogP contribution in [0.2, 0.25) is 0 Å². The van der Waals surface area contributed by atoms with E-state index in [9.17, 15) is 19.2 Å². The first kappa shape index (κ1) is 30.8. The lowest BCUT2D eigenvalue weighted by Gasteiger charge is -2.34. The molecule has 1 aromatic rings. The van der Waals surface area contributed by atoms with Crippen molar-refractivity contribution in [1.82, 2.24) is 15.5 Å². The zero-order valence-corrected chi connectivity index (χ0v) is 22.7. The summed E-state index contributed by atoms with van der Waals surface area (Å²) in [5, 5.41) is 5.21. The Balaban J connectivity index is 3.47. The van der Waals surface area contributed by atoms with Gasteiger partial charge in [0.2, 0.25) is 11.8 Å². The van der Waals surface area contributed by atoms with Gasteiger partial charge in [0.1, 0.15) is 24.2 Å². The molecule has 3 amide bonds. The molecule has 2 unspecified atom stereocenters. The highest BCUT2D eigenvalue weighted by Gasteiger charge is 2.36. The highest BCUT2D eigenvalue weighted by molar-refractivity contribution is 7.98. The fourth-order valence-corrected chi connectivity index (χ4v) is 3.87. The Bertz CT molecular complexity index is 954. The summed E-state index contributed by atoms with van der Waals surface area (Å²) in [7, 11) is 1.21. The summed E-state index contributed by atoms with van der Waals surface area (Å²) in [6.07, 6.45) is 7.72. The van der Waals surface area contributed by atoms with E-state index in [1.807, 2.05) is 13.2 Å². The normalized spacial score (nSPS) is 12.5.